The van der Waals surface area contributed by atoms with Crippen molar-refractivity contribution in [3.05, 3.63) is 29.8 Å². The highest BCUT2D eigenvalue weighted by atomic mass is 35.5. The number of nitrogens with zero attached hydrogens (tertiary/aromatic N) is 1. The summed E-state index contributed by atoms with van der Waals surface area (Å²) >= 11 is 0. The van der Waals surface area contributed by atoms with Gasteiger partial charge in [-0.05, 0) is 69.1 Å². The second-order valence-electron chi connectivity index (χ2n) is 7.62. The molecule has 152 valence electrons. The van der Waals surface area contributed by atoms with Crippen LogP contribution in [0.4, 0.5) is 0 Å². The Morgan fingerprint density at radius 2 is 1.85 bits per heavy atom. The second-order valence-corrected chi connectivity index (χ2v) is 7.62. The van der Waals surface area contributed by atoms with Gasteiger partial charge >= 0.3 is 0 Å². The molecular weight excluding hydrogens is 364 g/mol. The number of hydrogen-bond donors (Lipinski definition) is 1. The zero-order chi connectivity index (χ0) is 18.4. The van der Waals surface area contributed by atoms with Crippen LogP contribution in [0.1, 0.15) is 44.6 Å². The standard InChI is InChI=1S/C21H32N2O3.ClH/c1-2-26-19-7-5-17(6-8-19)3-4-18-9-13-23(14-10-18)20(24)21(22)11-15-25-16-12-21;/h5-8,18H,2-4,9-16,22H2,1H3;1H. The molecule has 0 spiro atoms. The maximum absolute atomic E-state index is 12.8. The molecule has 1 amide bonds. The molecule has 0 aliphatic carbocycles. The minimum Gasteiger partial charge on any atom is -0.494 e. The first-order chi connectivity index (χ1) is 12.6. The van der Waals surface area contributed by atoms with Gasteiger partial charge in [0.1, 0.15) is 5.75 Å². The van der Waals surface area contributed by atoms with E-state index in [0.29, 0.717) is 38.6 Å². The zero-order valence-electron chi connectivity index (χ0n) is 16.3. The fourth-order valence-corrected chi connectivity index (χ4v) is 3.98. The molecule has 2 heterocycles. The quantitative estimate of drug-likeness (QED) is 0.801. The third kappa shape index (κ3) is 5.84. The van der Waals surface area contributed by atoms with Crippen molar-refractivity contribution in [1.82, 2.24) is 4.90 Å². The second kappa shape index (κ2) is 10.3. The predicted molar refractivity (Wildman–Crippen MR) is 109 cm³/mol. The van der Waals surface area contributed by atoms with Crippen LogP contribution in [0.3, 0.4) is 0 Å². The summed E-state index contributed by atoms with van der Waals surface area (Å²) in [5, 5.41) is 0. The highest BCUT2D eigenvalue weighted by Gasteiger charge is 2.39. The Hall–Kier alpha value is -1.30. The SMILES string of the molecule is CCOc1ccc(CCC2CCN(C(=O)C3(N)CCOCC3)CC2)cc1.Cl. The van der Waals surface area contributed by atoms with Gasteiger partial charge in [-0.25, -0.2) is 0 Å². The number of amides is 1. The number of carbonyl (C=O) groups excluding carboxylic acids is 1. The number of halogens is 1. The van der Waals surface area contributed by atoms with Crippen molar-refractivity contribution < 1.29 is 14.3 Å². The normalized spacial score (nSPS) is 20.0. The summed E-state index contributed by atoms with van der Waals surface area (Å²) < 4.78 is 10.8. The van der Waals surface area contributed by atoms with E-state index in [9.17, 15) is 4.79 Å². The van der Waals surface area contributed by atoms with Crippen LogP contribution in [0, 0.1) is 5.92 Å². The molecule has 2 saturated heterocycles. The average Bonchev–Trinajstić information content (AvgIpc) is 2.68. The van der Waals surface area contributed by atoms with Crippen molar-refractivity contribution in [2.75, 3.05) is 32.9 Å². The van der Waals surface area contributed by atoms with E-state index in [4.69, 9.17) is 15.2 Å². The number of aryl methyl sites for hydroxylation is 1. The Balaban J connectivity index is 0.00000261. The van der Waals surface area contributed by atoms with Crippen LogP contribution in [-0.2, 0) is 16.0 Å². The summed E-state index contributed by atoms with van der Waals surface area (Å²) in [4.78, 5) is 14.8. The van der Waals surface area contributed by atoms with Crippen LogP contribution in [0.2, 0.25) is 0 Å². The number of rotatable bonds is 6. The van der Waals surface area contributed by atoms with Gasteiger partial charge in [-0.3, -0.25) is 4.79 Å². The highest BCUT2D eigenvalue weighted by Crippen LogP contribution is 2.27. The topological polar surface area (TPSA) is 64.8 Å². The molecule has 5 nitrogen and oxygen atoms in total. The lowest BCUT2D eigenvalue weighted by Crippen LogP contribution is -2.59. The molecule has 1 aromatic rings. The van der Waals surface area contributed by atoms with Gasteiger partial charge in [0.25, 0.3) is 0 Å². The van der Waals surface area contributed by atoms with E-state index in [0.717, 1.165) is 38.1 Å². The Bertz CT molecular complexity index is 580. The lowest BCUT2D eigenvalue weighted by Gasteiger charge is -2.40. The van der Waals surface area contributed by atoms with Crippen LogP contribution in [0.5, 0.6) is 5.75 Å². The van der Waals surface area contributed by atoms with E-state index in [1.54, 1.807) is 0 Å². The lowest BCUT2D eigenvalue weighted by atomic mass is 9.86. The molecule has 0 unspecified atom stereocenters. The zero-order valence-corrected chi connectivity index (χ0v) is 17.1. The van der Waals surface area contributed by atoms with Gasteiger partial charge < -0.3 is 20.1 Å². The molecule has 0 atom stereocenters. The van der Waals surface area contributed by atoms with Crippen LogP contribution in [0.15, 0.2) is 24.3 Å². The van der Waals surface area contributed by atoms with Crippen molar-refractivity contribution in [2.24, 2.45) is 11.7 Å². The van der Waals surface area contributed by atoms with E-state index in [1.807, 2.05) is 11.8 Å². The molecule has 2 aliphatic heterocycles. The van der Waals surface area contributed by atoms with Gasteiger partial charge in [-0.2, -0.15) is 0 Å². The predicted octanol–water partition coefficient (Wildman–Crippen LogP) is 3.19. The maximum atomic E-state index is 12.8. The van der Waals surface area contributed by atoms with Gasteiger partial charge in [-0.15, -0.1) is 12.4 Å². The number of ether oxygens (including phenoxy) is 2. The fourth-order valence-electron chi connectivity index (χ4n) is 3.98. The average molecular weight is 397 g/mol. The van der Waals surface area contributed by atoms with Crippen LogP contribution < -0.4 is 10.5 Å². The van der Waals surface area contributed by atoms with Crippen LogP contribution >= 0.6 is 12.4 Å². The van der Waals surface area contributed by atoms with Crippen molar-refractivity contribution in [1.29, 1.82) is 0 Å². The molecule has 0 aromatic heterocycles. The number of benzene rings is 1. The van der Waals surface area contributed by atoms with E-state index >= 15 is 0 Å². The third-order valence-corrected chi connectivity index (χ3v) is 5.79. The van der Waals surface area contributed by atoms with Crippen molar-refractivity contribution >= 4 is 18.3 Å². The Labute approximate surface area is 169 Å². The lowest BCUT2D eigenvalue weighted by molar-refractivity contribution is -0.142. The number of likely N-dealkylation sites (tertiary alicyclic amines) is 1. The third-order valence-electron chi connectivity index (χ3n) is 5.79. The van der Waals surface area contributed by atoms with Gasteiger partial charge in [0.05, 0.1) is 12.1 Å². The summed E-state index contributed by atoms with van der Waals surface area (Å²) in [6.07, 6.45) is 5.71. The van der Waals surface area contributed by atoms with Gasteiger partial charge in [0.2, 0.25) is 5.91 Å². The van der Waals surface area contributed by atoms with Gasteiger partial charge in [0, 0.05) is 26.3 Å². The van der Waals surface area contributed by atoms with Gasteiger partial charge in [-0.1, -0.05) is 12.1 Å². The fraction of sp³-hybridized carbons (Fsp3) is 0.667. The number of piperidine rings is 1. The molecule has 27 heavy (non-hydrogen) atoms. The molecule has 0 radical (unpaired) electrons. The summed E-state index contributed by atoms with van der Waals surface area (Å²) in [6.45, 7) is 5.58. The first kappa shape index (κ1) is 22.0. The molecule has 2 fully saturated rings. The summed E-state index contributed by atoms with van der Waals surface area (Å²) in [5.41, 5.74) is 7.01. The van der Waals surface area contributed by atoms with Crippen molar-refractivity contribution in [2.45, 2.75) is 51.0 Å². The minimum absolute atomic E-state index is 0. The number of hydrogen-bond acceptors (Lipinski definition) is 4. The molecule has 0 bridgehead atoms. The smallest absolute Gasteiger partial charge is 0.242 e. The number of carbonyl (C=O) groups is 1. The molecule has 1 aromatic carbocycles. The minimum atomic E-state index is -0.701. The van der Waals surface area contributed by atoms with Crippen LogP contribution in [-0.4, -0.2) is 49.3 Å². The Morgan fingerprint density at radius 3 is 2.44 bits per heavy atom. The first-order valence-corrected chi connectivity index (χ1v) is 9.98. The Kier molecular flexibility index (Phi) is 8.39. The molecule has 3 rings (SSSR count). The summed E-state index contributed by atoms with van der Waals surface area (Å²) in [5.74, 6) is 1.76. The molecule has 2 aliphatic rings. The van der Waals surface area contributed by atoms with E-state index in [1.165, 1.54) is 12.0 Å². The number of nitrogens with two attached hydrogens (primary N) is 1. The van der Waals surface area contributed by atoms with Gasteiger partial charge in [0.15, 0.2) is 0 Å². The summed E-state index contributed by atoms with van der Waals surface area (Å²) in [7, 11) is 0. The van der Waals surface area contributed by atoms with E-state index < -0.39 is 5.54 Å². The van der Waals surface area contributed by atoms with Crippen LogP contribution in [0.25, 0.3) is 0 Å². The Morgan fingerprint density at radius 1 is 1.22 bits per heavy atom. The van der Waals surface area contributed by atoms with Crippen molar-refractivity contribution in [3.63, 3.8) is 0 Å². The highest BCUT2D eigenvalue weighted by molar-refractivity contribution is 5.86. The monoisotopic (exact) mass is 396 g/mol. The van der Waals surface area contributed by atoms with E-state index in [-0.39, 0.29) is 18.3 Å². The van der Waals surface area contributed by atoms with Crippen molar-refractivity contribution in [3.8, 4) is 5.75 Å². The summed E-state index contributed by atoms with van der Waals surface area (Å²) in [6, 6.07) is 8.42. The molecular formula is C21H33ClN2O3. The molecule has 0 saturated carbocycles. The molecule has 6 heteroatoms. The maximum Gasteiger partial charge on any atom is 0.242 e. The first-order valence-electron chi connectivity index (χ1n) is 9.98. The van der Waals surface area contributed by atoms with E-state index in [2.05, 4.69) is 24.3 Å². The molecule has 2 N–H and O–H groups in total. The largest absolute Gasteiger partial charge is 0.494 e.